The van der Waals surface area contributed by atoms with Gasteiger partial charge in [0.1, 0.15) is 11.5 Å². The van der Waals surface area contributed by atoms with E-state index in [1.54, 1.807) is 14.2 Å². The van der Waals surface area contributed by atoms with Crippen LogP contribution in [0.1, 0.15) is 54.4 Å². The van der Waals surface area contributed by atoms with Crippen molar-refractivity contribution in [2.75, 3.05) is 34.2 Å². The maximum Gasteiger partial charge on any atom is 0.189 e. The van der Waals surface area contributed by atoms with E-state index in [9.17, 15) is 4.79 Å². The summed E-state index contributed by atoms with van der Waals surface area (Å²) >= 11 is 0. The van der Waals surface area contributed by atoms with E-state index >= 15 is 0 Å². The van der Waals surface area contributed by atoms with Gasteiger partial charge >= 0.3 is 0 Å². The molecule has 27 heavy (non-hydrogen) atoms. The highest BCUT2D eigenvalue weighted by molar-refractivity contribution is 5.81. The van der Waals surface area contributed by atoms with Crippen LogP contribution in [0.25, 0.3) is 0 Å². The molecule has 0 atom stereocenters. The van der Waals surface area contributed by atoms with Crippen molar-refractivity contribution in [1.82, 2.24) is 0 Å². The van der Waals surface area contributed by atoms with Crippen molar-refractivity contribution in [3.63, 3.8) is 0 Å². The van der Waals surface area contributed by atoms with Gasteiger partial charge in [-0.25, -0.2) is 0 Å². The third kappa shape index (κ3) is 3.59. The van der Waals surface area contributed by atoms with Crippen LogP contribution in [0.5, 0.6) is 11.5 Å². The number of hydrogen-bond donors (Lipinski definition) is 0. The third-order valence-electron chi connectivity index (χ3n) is 6.80. The lowest BCUT2D eigenvalue weighted by Gasteiger charge is -2.57. The first-order valence-corrected chi connectivity index (χ1v) is 10.0. The van der Waals surface area contributed by atoms with E-state index in [2.05, 4.69) is 0 Å². The third-order valence-corrected chi connectivity index (χ3v) is 6.80. The van der Waals surface area contributed by atoms with E-state index in [0.29, 0.717) is 24.5 Å². The molecule has 0 spiro atoms. The summed E-state index contributed by atoms with van der Waals surface area (Å²) < 4.78 is 22.0. The van der Waals surface area contributed by atoms with Crippen molar-refractivity contribution in [2.45, 2.75) is 43.9 Å². The van der Waals surface area contributed by atoms with Crippen molar-refractivity contribution in [2.24, 2.45) is 17.8 Å². The van der Waals surface area contributed by atoms with E-state index in [1.165, 1.54) is 44.1 Å². The van der Waals surface area contributed by atoms with E-state index in [0.717, 1.165) is 29.8 Å². The Kier molecular flexibility index (Phi) is 5.42. The molecule has 4 aliphatic carbocycles. The first kappa shape index (κ1) is 18.8. The average Bonchev–Trinajstić information content (AvgIpc) is 2.66. The summed E-state index contributed by atoms with van der Waals surface area (Å²) in [7, 11) is 3.24. The number of carbonyl (C=O) groups excluding carboxylic acids is 1. The van der Waals surface area contributed by atoms with E-state index in [1.807, 2.05) is 12.1 Å². The molecule has 0 aromatic heterocycles. The minimum atomic E-state index is 0.140. The van der Waals surface area contributed by atoms with Gasteiger partial charge in [0.25, 0.3) is 0 Å². The normalized spacial score (nSPS) is 31.1. The average molecular weight is 374 g/mol. The number of methoxy groups -OCH3 is 2. The lowest BCUT2D eigenvalue weighted by atomic mass is 9.48. The monoisotopic (exact) mass is 374 g/mol. The second-order valence-corrected chi connectivity index (χ2v) is 8.57. The van der Waals surface area contributed by atoms with E-state index in [-0.39, 0.29) is 12.2 Å². The topological polar surface area (TPSA) is 54.0 Å². The van der Waals surface area contributed by atoms with Gasteiger partial charge in [-0.2, -0.15) is 0 Å². The Morgan fingerprint density at radius 3 is 2.22 bits per heavy atom. The predicted octanol–water partition coefficient (Wildman–Crippen LogP) is 3.97. The highest BCUT2D eigenvalue weighted by Gasteiger charge is 2.52. The number of benzene rings is 1. The second-order valence-electron chi connectivity index (χ2n) is 8.57. The van der Waals surface area contributed by atoms with Crippen molar-refractivity contribution < 1.29 is 23.7 Å². The van der Waals surface area contributed by atoms with Gasteiger partial charge < -0.3 is 18.9 Å². The zero-order chi connectivity index (χ0) is 18.9. The molecule has 0 N–H and O–H groups in total. The Labute approximate surface area is 161 Å². The number of hydrogen-bond acceptors (Lipinski definition) is 5. The maximum atomic E-state index is 11.6. The highest BCUT2D eigenvalue weighted by Crippen LogP contribution is 2.62. The van der Waals surface area contributed by atoms with E-state index in [4.69, 9.17) is 18.9 Å². The molecule has 5 heteroatoms. The zero-order valence-corrected chi connectivity index (χ0v) is 16.4. The molecule has 4 aliphatic rings. The fourth-order valence-electron chi connectivity index (χ4n) is 6.13. The minimum absolute atomic E-state index is 0.140. The van der Waals surface area contributed by atoms with Gasteiger partial charge in [-0.15, -0.1) is 0 Å². The van der Waals surface area contributed by atoms with Gasteiger partial charge in [-0.3, -0.25) is 4.79 Å². The fourth-order valence-corrected chi connectivity index (χ4v) is 6.13. The van der Waals surface area contributed by atoms with Gasteiger partial charge in [-0.1, -0.05) is 0 Å². The van der Waals surface area contributed by atoms with Crippen LogP contribution < -0.4 is 9.47 Å². The Morgan fingerprint density at radius 1 is 1.00 bits per heavy atom. The van der Waals surface area contributed by atoms with Crippen LogP contribution in [0, 0.1) is 17.8 Å². The molecule has 0 aliphatic heterocycles. The zero-order valence-electron chi connectivity index (χ0n) is 16.4. The quantitative estimate of drug-likeness (QED) is 0.372. The van der Waals surface area contributed by atoms with Crippen molar-refractivity contribution in [3.05, 3.63) is 23.3 Å². The molecule has 0 amide bonds. The molecule has 5 nitrogen and oxygen atoms in total. The van der Waals surface area contributed by atoms with E-state index < -0.39 is 0 Å². The summed E-state index contributed by atoms with van der Waals surface area (Å²) in [5, 5.41) is 0. The molecule has 0 unspecified atom stereocenters. The molecule has 4 bridgehead atoms. The molecule has 5 rings (SSSR count). The SMILES string of the molecule is COCCOCOc1cc(OC)c(C=O)cc1C12CC3CC(CC(C3)C1)C2. The van der Waals surface area contributed by atoms with Crippen LogP contribution in [-0.2, 0) is 14.9 Å². The first-order chi connectivity index (χ1) is 13.2. The van der Waals surface area contributed by atoms with Gasteiger partial charge in [0.2, 0.25) is 0 Å². The lowest BCUT2D eigenvalue weighted by Crippen LogP contribution is -2.48. The van der Waals surface area contributed by atoms with Gasteiger partial charge in [0.05, 0.1) is 25.9 Å². The lowest BCUT2D eigenvalue weighted by molar-refractivity contribution is -0.0190. The fraction of sp³-hybridized carbons (Fsp3) is 0.682. The number of rotatable bonds is 9. The Morgan fingerprint density at radius 2 is 1.67 bits per heavy atom. The second kappa shape index (κ2) is 7.80. The summed E-state index contributed by atoms with van der Waals surface area (Å²) in [6, 6.07) is 3.89. The molecule has 0 heterocycles. The molecular weight excluding hydrogens is 344 g/mol. The Hall–Kier alpha value is -1.59. The molecule has 0 radical (unpaired) electrons. The van der Waals surface area contributed by atoms with Crippen LogP contribution in [-0.4, -0.2) is 40.5 Å². The standard InChI is InChI=1S/C22H30O5/c1-24-3-4-26-14-27-21-9-20(25-2)18(13-23)8-19(21)22-10-15-5-16(11-22)7-17(6-15)12-22/h8-9,13,15-17H,3-7,10-12,14H2,1-2H3. The van der Waals surface area contributed by atoms with Crippen LogP contribution in [0.15, 0.2) is 12.1 Å². The first-order valence-electron chi connectivity index (χ1n) is 10.0. The van der Waals surface area contributed by atoms with Gasteiger partial charge in [-0.05, 0) is 67.8 Å². The largest absolute Gasteiger partial charge is 0.496 e. The molecule has 4 saturated carbocycles. The summed E-state index contributed by atoms with van der Waals surface area (Å²) in [5.74, 6) is 3.83. The van der Waals surface area contributed by atoms with Gasteiger partial charge in [0, 0.05) is 18.7 Å². The number of carbonyl (C=O) groups is 1. The summed E-state index contributed by atoms with van der Waals surface area (Å²) in [6.07, 6.45) is 8.67. The molecular formula is C22H30O5. The van der Waals surface area contributed by atoms with Crippen LogP contribution >= 0.6 is 0 Å². The highest BCUT2D eigenvalue weighted by atomic mass is 16.7. The number of ether oxygens (including phenoxy) is 4. The van der Waals surface area contributed by atoms with Crippen molar-refractivity contribution in [1.29, 1.82) is 0 Å². The Bertz CT molecular complexity index is 648. The van der Waals surface area contributed by atoms with Crippen LogP contribution in [0.4, 0.5) is 0 Å². The smallest absolute Gasteiger partial charge is 0.189 e. The molecule has 4 fully saturated rings. The van der Waals surface area contributed by atoms with Crippen LogP contribution in [0.2, 0.25) is 0 Å². The molecule has 1 aromatic rings. The summed E-state index contributed by atoms with van der Waals surface area (Å²) in [6.45, 7) is 1.21. The summed E-state index contributed by atoms with van der Waals surface area (Å²) in [4.78, 5) is 11.6. The van der Waals surface area contributed by atoms with Crippen LogP contribution in [0.3, 0.4) is 0 Å². The molecule has 148 valence electrons. The minimum Gasteiger partial charge on any atom is -0.496 e. The maximum absolute atomic E-state index is 11.6. The molecule has 1 aromatic carbocycles. The molecule has 0 saturated heterocycles. The Balaban J connectivity index is 1.64. The number of aldehydes is 1. The van der Waals surface area contributed by atoms with Gasteiger partial charge in [0.15, 0.2) is 13.1 Å². The predicted molar refractivity (Wildman–Crippen MR) is 102 cm³/mol. The summed E-state index contributed by atoms with van der Waals surface area (Å²) in [5.41, 5.74) is 1.93. The van der Waals surface area contributed by atoms with Crippen molar-refractivity contribution >= 4 is 6.29 Å². The van der Waals surface area contributed by atoms with Crippen molar-refractivity contribution in [3.8, 4) is 11.5 Å².